The van der Waals surface area contributed by atoms with E-state index in [4.69, 9.17) is 4.74 Å². The van der Waals surface area contributed by atoms with Gasteiger partial charge in [-0.2, -0.15) is 0 Å². The molecule has 1 fully saturated rings. The Hall–Kier alpha value is -0.0400. The number of hydrogen-bond donors (Lipinski definition) is 0. The van der Waals surface area contributed by atoms with Crippen LogP contribution < -0.4 is 0 Å². The Labute approximate surface area is 82.9 Å². The molecule has 1 saturated heterocycles. The normalized spacial score (nSPS) is 30.9. The lowest BCUT2D eigenvalue weighted by molar-refractivity contribution is -0.0568. The summed E-state index contributed by atoms with van der Waals surface area (Å²) in [5.41, 5.74) is 0.611. The molecule has 0 aromatic rings. The minimum absolute atomic E-state index is 0.306. The first kappa shape index (κ1) is 11.0. The van der Waals surface area contributed by atoms with Crippen molar-refractivity contribution in [3.05, 3.63) is 0 Å². The molecule has 1 aliphatic heterocycles. The molecule has 0 aliphatic carbocycles. The lowest BCUT2D eigenvalue weighted by Gasteiger charge is -2.31. The van der Waals surface area contributed by atoms with Gasteiger partial charge in [0.15, 0.2) is 0 Å². The van der Waals surface area contributed by atoms with Crippen molar-refractivity contribution < 1.29 is 4.74 Å². The molecule has 2 atom stereocenters. The fourth-order valence-corrected chi connectivity index (χ4v) is 1.91. The van der Waals surface area contributed by atoms with Crippen molar-refractivity contribution >= 4 is 0 Å². The first-order valence-corrected chi connectivity index (χ1v) is 5.37. The Kier molecular flexibility index (Phi) is 2.78. The van der Waals surface area contributed by atoms with Gasteiger partial charge in [0.05, 0.1) is 12.2 Å². The maximum absolute atomic E-state index is 6.09. The average Bonchev–Trinajstić information content (AvgIpc) is 2.28. The van der Waals surface area contributed by atoms with Gasteiger partial charge in [-0.3, -0.25) is 0 Å². The van der Waals surface area contributed by atoms with E-state index in [2.05, 4.69) is 41.5 Å². The summed E-state index contributed by atoms with van der Waals surface area (Å²) in [5.74, 6) is 0. The Balaban J connectivity index is 2.55. The molecule has 0 bridgehead atoms. The number of hydrogen-bond acceptors (Lipinski definition) is 1. The van der Waals surface area contributed by atoms with Gasteiger partial charge in [0.1, 0.15) is 0 Å². The largest absolute Gasteiger partial charge is 0.374 e. The first-order chi connectivity index (χ1) is 5.71. The molecular weight excluding hydrogens is 160 g/mol. The molecular formula is C12H24O. The fraction of sp³-hybridized carbons (Fsp3) is 1.00. The van der Waals surface area contributed by atoms with Crippen LogP contribution in [0.2, 0.25) is 0 Å². The van der Waals surface area contributed by atoms with Gasteiger partial charge in [-0.15, -0.1) is 0 Å². The summed E-state index contributed by atoms with van der Waals surface area (Å²) in [4.78, 5) is 0. The second-order valence-electron chi connectivity index (χ2n) is 6.42. The van der Waals surface area contributed by atoms with Crippen LogP contribution >= 0.6 is 0 Å². The van der Waals surface area contributed by atoms with Crippen LogP contribution in [-0.2, 0) is 4.74 Å². The van der Waals surface area contributed by atoms with Crippen molar-refractivity contribution in [2.75, 3.05) is 0 Å². The second kappa shape index (κ2) is 3.27. The molecule has 13 heavy (non-hydrogen) atoms. The van der Waals surface area contributed by atoms with Gasteiger partial charge in [0.2, 0.25) is 0 Å². The van der Waals surface area contributed by atoms with Gasteiger partial charge < -0.3 is 4.74 Å². The predicted molar refractivity (Wildman–Crippen MR) is 56.8 cm³/mol. The Bertz CT molecular complexity index is 151. The van der Waals surface area contributed by atoms with Gasteiger partial charge in [-0.25, -0.2) is 0 Å². The molecule has 1 nitrogen and oxygen atoms in total. The van der Waals surface area contributed by atoms with E-state index in [0.29, 0.717) is 23.0 Å². The highest BCUT2D eigenvalue weighted by molar-refractivity contribution is 4.87. The van der Waals surface area contributed by atoms with Crippen molar-refractivity contribution in [3.63, 3.8) is 0 Å². The second-order valence-corrected chi connectivity index (χ2v) is 6.42. The highest BCUT2D eigenvalue weighted by Gasteiger charge is 2.38. The molecule has 0 spiro atoms. The quantitative estimate of drug-likeness (QED) is 0.558. The summed E-state index contributed by atoms with van der Waals surface area (Å²) >= 11 is 0. The lowest BCUT2D eigenvalue weighted by atomic mass is 9.85. The summed E-state index contributed by atoms with van der Waals surface area (Å²) in [6, 6.07) is 0. The molecule has 0 N–H and O–H groups in total. The molecule has 1 rings (SSSR count). The molecule has 0 amide bonds. The van der Waals surface area contributed by atoms with E-state index in [0.717, 1.165) is 0 Å². The van der Waals surface area contributed by atoms with Crippen LogP contribution in [0.4, 0.5) is 0 Å². The van der Waals surface area contributed by atoms with Crippen molar-refractivity contribution in [3.8, 4) is 0 Å². The van der Waals surface area contributed by atoms with Crippen LogP contribution in [0, 0.1) is 10.8 Å². The monoisotopic (exact) mass is 184 g/mol. The molecule has 0 aromatic heterocycles. The van der Waals surface area contributed by atoms with Gasteiger partial charge in [0, 0.05) is 0 Å². The molecule has 0 radical (unpaired) electrons. The summed E-state index contributed by atoms with van der Waals surface area (Å²) in [6.45, 7) is 13.6. The zero-order chi connectivity index (χ0) is 10.3. The standard InChI is InChI=1S/C12H24O/c1-11(2,3)9-7-8-10(13-9)12(4,5)6/h9-10H,7-8H2,1-6H3. The van der Waals surface area contributed by atoms with E-state index >= 15 is 0 Å². The Morgan fingerprint density at radius 2 is 1.08 bits per heavy atom. The molecule has 2 unspecified atom stereocenters. The minimum atomic E-state index is 0.306. The maximum atomic E-state index is 6.09. The number of rotatable bonds is 0. The van der Waals surface area contributed by atoms with Gasteiger partial charge in [-0.1, -0.05) is 41.5 Å². The van der Waals surface area contributed by atoms with Crippen LogP contribution in [0.1, 0.15) is 54.4 Å². The third-order valence-electron chi connectivity index (χ3n) is 2.95. The smallest absolute Gasteiger partial charge is 0.0628 e. The highest BCUT2D eigenvalue weighted by Crippen LogP contribution is 2.39. The van der Waals surface area contributed by atoms with Gasteiger partial charge >= 0.3 is 0 Å². The van der Waals surface area contributed by atoms with E-state index in [1.165, 1.54) is 12.8 Å². The van der Waals surface area contributed by atoms with Crippen molar-refractivity contribution in [2.45, 2.75) is 66.6 Å². The van der Waals surface area contributed by atoms with Crippen molar-refractivity contribution in [1.82, 2.24) is 0 Å². The Morgan fingerprint density at radius 1 is 0.769 bits per heavy atom. The summed E-state index contributed by atoms with van der Waals surface area (Å²) in [7, 11) is 0. The zero-order valence-corrected chi connectivity index (χ0v) is 9.98. The van der Waals surface area contributed by atoms with Gasteiger partial charge in [0.25, 0.3) is 0 Å². The fourth-order valence-electron chi connectivity index (χ4n) is 1.91. The van der Waals surface area contributed by atoms with Gasteiger partial charge in [-0.05, 0) is 23.7 Å². The highest BCUT2D eigenvalue weighted by atomic mass is 16.5. The van der Waals surface area contributed by atoms with Crippen molar-refractivity contribution in [1.29, 1.82) is 0 Å². The summed E-state index contributed by atoms with van der Waals surface area (Å²) < 4.78 is 6.09. The van der Waals surface area contributed by atoms with Crippen LogP contribution in [0.5, 0.6) is 0 Å². The average molecular weight is 184 g/mol. The third-order valence-corrected chi connectivity index (χ3v) is 2.95. The lowest BCUT2D eigenvalue weighted by Crippen LogP contribution is -2.31. The molecule has 78 valence electrons. The van der Waals surface area contributed by atoms with E-state index in [-0.39, 0.29) is 0 Å². The van der Waals surface area contributed by atoms with Crippen LogP contribution in [0.15, 0.2) is 0 Å². The van der Waals surface area contributed by atoms with E-state index in [9.17, 15) is 0 Å². The Morgan fingerprint density at radius 3 is 1.23 bits per heavy atom. The summed E-state index contributed by atoms with van der Waals surface area (Å²) in [5, 5.41) is 0. The molecule has 0 saturated carbocycles. The molecule has 0 aromatic carbocycles. The molecule has 1 heterocycles. The van der Waals surface area contributed by atoms with Crippen LogP contribution in [0.25, 0.3) is 0 Å². The van der Waals surface area contributed by atoms with Crippen LogP contribution in [-0.4, -0.2) is 12.2 Å². The summed E-state index contributed by atoms with van der Waals surface area (Å²) in [6.07, 6.45) is 3.37. The maximum Gasteiger partial charge on any atom is 0.0628 e. The van der Waals surface area contributed by atoms with Crippen molar-refractivity contribution in [2.24, 2.45) is 10.8 Å². The molecule has 1 aliphatic rings. The number of ether oxygens (including phenoxy) is 1. The van der Waals surface area contributed by atoms with Crippen LogP contribution in [0.3, 0.4) is 0 Å². The molecule has 1 heteroatoms. The topological polar surface area (TPSA) is 9.23 Å². The predicted octanol–water partition coefficient (Wildman–Crippen LogP) is 3.63. The van der Waals surface area contributed by atoms with E-state index in [1.54, 1.807) is 0 Å². The minimum Gasteiger partial charge on any atom is -0.374 e. The van der Waals surface area contributed by atoms with E-state index < -0.39 is 0 Å². The van der Waals surface area contributed by atoms with E-state index in [1.807, 2.05) is 0 Å². The third kappa shape index (κ3) is 2.70. The SMILES string of the molecule is CC(C)(C)C1CCC(C(C)(C)C)O1. The first-order valence-electron chi connectivity index (χ1n) is 5.37. The zero-order valence-electron chi connectivity index (χ0n) is 9.98.